The Hall–Kier alpha value is -1.23. The lowest BCUT2D eigenvalue weighted by Crippen LogP contribution is -2.28. The first-order valence-corrected chi connectivity index (χ1v) is 5.12. The van der Waals surface area contributed by atoms with E-state index in [4.69, 9.17) is 0 Å². The van der Waals surface area contributed by atoms with E-state index in [0.29, 0.717) is 5.69 Å². The van der Waals surface area contributed by atoms with Gasteiger partial charge in [0.2, 0.25) is 0 Å². The van der Waals surface area contributed by atoms with Crippen LogP contribution in [0.25, 0.3) is 0 Å². The van der Waals surface area contributed by atoms with Crippen molar-refractivity contribution in [3.05, 3.63) is 29.3 Å². The van der Waals surface area contributed by atoms with E-state index in [9.17, 15) is 13.2 Å². The summed E-state index contributed by atoms with van der Waals surface area (Å²) in [7, 11) is 1.83. The van der Waals surface area contributed by atoms with E-state index in [0.717, 1.165) is 24.6 Å². The van der Waals surface area contributed by atoms with Crippen LogP contribution >= 0.6 is 0 Å². The van der Waals surface area contributed by atoms with Crippen LogP contribution in [0.15, 0.2) is 18.2 Å². The average Bonchev–Trinajstić information content (AvgIpc) is 2.57. The second kappa shape index (κ2) is 3.97. The summed E-state index contributed by atoms with van der Waals surface area (Å²) in [6, 6.07) is 4.07. The fourth-order valence-corrected chi connectivity index (χ4v) is 1.97. The zero-order valence-corrected chi connectivity index (χ0v) is 8.86. The number of benzene rings is 1. The molecule has 1 atom stereocenters. The molecule has 0 radical (unpaired) electrons. The topological polar surface area (TPSA) is 24.1 Å². The van der Waals surface area contributed by atoms with Crippen LogP contribution in [-0.2, 0) is 12.6 Å². The highest BCUT2D eigenvalue weighted by Gasteiger charge is 2.32. The number of alkyl halides is 3. The third-order valence-corrected chi connectivity index (χ3v) is 2.71. The summed E-state index contributed by atoms with van der Waals surface area (Å²) in [4.78, 5) is 0. The first-order chi connectivity index (χ1) is 7.50. The largest absolute Gasteiger partial charge is 0.416 e. The molecule has 0 bridgehead atoms. The molecule has 0 spiro atoms. The zero-order valence-electron chi connectivity index (χ0n) is 8.86. The Morgan fingerprint density at radius 2 is 2.19 bits per heavy atom. The van der Waals surface area contributed by atoms with Gasteiger partial charge < -0.3 is 10.6 Å². The van der Waals surface area contributed by atoms with Crippen LogP contribution in [0, 0.1) is 0 Å². The Kier molecular flexibility index (Phi) is 2.80. The molecule has 0 aliphatic carbocycles. The van der Waals surface area contributed by atoms with E-state index in [1.165, 1.54) is 6.07 Å². The average molecular weight is 230 g/mol. The number of anilines is 1. The van der Waals surface area contributed by atoms with Crippen molar-refractivity contribution in [2.24, 2.45) is 0 Å². The molecular formula is C11H13F3N2. The monoisotopic (exact) mass is 230 g/mol. The molecular weight excluding hydrogens is 217 g/mol. The summed E-state index contributed by atoms with van der Waals surface area (Å²) in [5.74, 6) is 0. The third-order valence-electron chi connectivity index (χ3n) is 2.71. The Morgan fingerprint density at radius 3 is 2.81 bits per heavy atom. The quantitative estimate of drug-likeness (QED) is 0.814. The first kappa shape index (κ1) is 11.3. The van der Waals surface area contributed by atoms with Crippen molar-refractivity contribution in [1.82, 2.24) is 5.32 Å². The summed E-state index contributed by atoms with van der Waals surface area (Å²) in [5.41, 5.74) is 0.965. The van der Waals surface area contributed by atoms with Crippen molar-refractivity contribution in [1.29, 1.82) is 0 Å². The molecule has 1 aromatic carbocycles. The molecule has 2 rings (SSSR count). The molecule has 2 N–H and O–H groups in total. The summed E-state index contributed by atoms with van der Waals surface area (Å²) in [5, 5.41) is 6.09. The Balaban J connectivity index is 2.21. The number of rotatable bonds is 2. The van der Waals surface area contributed by atoms with E-state index < -0.39 is 11.7 Å². The Bertz CT molecular complexity index is 387. The van der Waals surface area contributed by atoms with Crippen molar-refractivity contribution in [3.63, 3.8) is 0 Å². The summed E-state index contributed by atoms with van der Waals surface area (Å²) in [6.07, 6.45) is -3.49. The minimum Gasteiger partial charge on any atom is -0.380 e. The predicted octanol–water partition coefficient (Wildman–Crippen LogP) is 2.26. The number of fused-ring (bicyclic) bond motifs is 1. The summed E-state index contributed by atoms with van der Waals surface area (Å²) < 4.78 is 37.4. The lowest BCUT2D eigenvalue weighted by Gasteiger charge is -2.10. The molecule has 0 aromatic heterocycles. The van der Waals surface area contributed by atoms with Gasteiger partial charge in [0, 0.05) is 18.3 Å². The van der Waals surface area contributed by atoms with E-state index in [1.807, 2.05) is 7.05 Å². The van der Waals surface area contributed by atoms with Crippen LogP contribution in [-0.4, -0.2) is 19.6 Å². The molecule has 88 valence electrons. The summed E-state index contributed by atoms with van der Waals surface area (Å²) in [6.45, 7) is 0.746. The molecule has 5 heteroatoms. The number of hydrogen-bond donors (Lipinski definition) is 2. The first-order valence-electron chi connectivity index (χ1n) is 5.12. The van der Waals surface area contributed by atoms with E-state index >= 15 is 0 Å². The van der Waals surface area contributed by atoms with E-state index in [-0.39, 0.29) is 6.04 Å². The fraction of sp³-hybridized carbons (Fsp3) is 0.455. The minimum atomic E-state index is -4.27. The SMILES string of the molecule is CNCC1Cc2ccc(C(F)(F)F)cc2N1. The minimum absolute atomic E-state index is 0.184. The highest BCUT2D eigenvalue weighted by atomic mass is 19.4. The van der Waals surface area contributed by atoms with Gasteiger partial charge in [0.25, 0.3) is 0 Å². The van der Waals surface area contributed by atoms with Crippen molar-refractivity contribution >= 4 is 5.69 Å². The van der Waals surface area contributed by atoms with Crippen LogP contribution in [0.2, 0.25) is 0 Å². The van der Waals surface area contributed by atoms with Crippen molar-refractivity contribution in [2.45, 2.75) is 18.6 Å². The number of likely N-dealkylation sites (N-methyl/N-ethyl adjacent to an activating group) is 1. The number of hydrogen-bond acceptors (Lipinski definition) is 2. The second-order valence-electron chi connectivity index (χ2n) is 3.97. The van der Waals surface area contributed by atoms with Gasteiger partial charge in [-0.15, -0.1) is 0 Å². The highest BCUT2D eigenvalue weighted by Crippen LogP contribution is 2.34. The van der Waals surface area contributed by atoms with E-state index in [2.05, 4.69) is 10.6 Å². The van der Waals surface area contributed by atoms with Gasteiger partial charge in [-0.3, -0.25) is 0 Å². The zero-order chi connectivity index (χ0) is 11.8. The lowest BCUT2D eigenvalue weighted by molar-refractivity contribution is -0.137. The van der Waals surface area contributed by atoms with Gasteiger partial charge >= 0.3 is 6.18 Å². The van der Waals surface area contributed by atoms with Gasteiger partial charge in [-0.2, -0.15) is 13.2 Å². The van der Waals surface area contributed by atoms with Crippen LogP contribution in [0.1, 0.15) is 11.1 Å². The third kappa shape index (κ3) is 2.14. The highest BCUT2D eigenvalue weighted by molar-refractivity contribution is 5.58. The smallest absolute Gasteiger partial charge is 0.380 e. The van der Waals surface area contributed by atoms with Crippen LogP contribution in [0.4, 0.5) is 18.9 Å². The Morgan fingerprint density at radius 1 is 1.44 bits per heavy atom. The van der Waals surface area contributed by atoms with Crippen molar-refractivity contribution in [3.8, 4) is 0 Å². The number of halogens is 3. The van der Waals surface area contributed by atoms with Crippen molar-refractivity contribution < 1.29 is 13.2 Å². The van der Waals surface area contributed by atoms with Crippen LogP contribution < -0.4 is 10.6 Å². The molecule has 1 unspecified atom stereocenters. The second-order valence-corrected chi connectivity index (χ2v) is 3.97. The van der Waals surface area contributed by atoms with Crippen LogP contribution in [0.3, 0.4) is 0 Å². The predicted molar refractivity (Wildman–Crippen MR) is 56.5 cm³/mol. The molecule has 1 aliphatic rings. The molecule has 1 heterocycles. The molecule has 16 heavy (non-hydrogen) atoms. The molecule has 2 nitrogen and oxygen atoms in total. The molecule has 0 amide bonds. The van der Waals surface area contributed by atoms with Gasteiger partial charge in [0.15, 0.2) is 0 Å². The molecule has 1 aliphatic heterocycles. The lowest BCUT2D eigenvalue weighted by atomic mass is 10.1. The van der Waals surface area contributed by atoms with Gasteiger partial charge in [-0.1, -0.05) is 6.07 Å². The van der Waals surface area contributed by atoms with Gasteiger partial charge in [0.05, 0.1) is 5.56 Å². The van der Waals surface area contributed by atoms with Gasteiger partial charge in [0.1, 0.15) is 0 Å². The van der Waals surface area contributed by atoms with E-state index in [1.54, 1.807) is 6.07 Å². The Labute approximate surface area is 91.8 Å². The summed E-state index contributed by atoms with van der Waals surface area (Å²) >= 11 is 0. The molecule has 0 saturated heterocycles. The normalized spacial score (nSPS) is 19.4. The number of nitrogens with one attached hydrogen (secondary N) is 2. The van der Waals surface area contributed by atoms with Crippen LogP contribution in [0.5, 0.6) is 0 Å². The van der Waals surface area contributed by atoms with Crippen molar-refractivity contribution in [2.75, 3.05) is 18.9 Å². The maximum atomic E-state index is 12.5. The fourth-order valence-electron chi connectivity index (χ4n) is 1.97. The van der Waals surface area contributed by atoms with Gasteiger partial charge in [-0.05, 0) is 31.2 Å². The maximum Gasteiger partial charge on any atom is 0.416 e. The van der Waals surface area contributed by atoms with Gasteiger partial charge in [-0.25, -0.2) is 0 Å². The molecule has 1 aromatic rings. The molecule has 0 saturated carbocycles. The molecule has 0 fully saturated rings. The maximum absolute atomic E-state index is 12.5. The standard InChI is InChI=1S/C11H13F3N2/c1-15-6-9-4-7-2-3-8(11(12,13)14)5-10(7)16-9/h2-3,5,9,15-16H,4,6H2,1H3.